The molecule has 190 valence electrons. The zero-order valence-electron chi connectivity index (χ0n) is 22.1. The van der Waals surface area contributed by atoms with Crippen LogP contribution in [0.5, 0.6) is 0 Å². The SMILES string of the molecule is Cc1cc(C)cc(CSCC(=O)N(Cc2ccccc2C)C(Cc2ccccc2)C(=O)NC(C)C)c1. The third kappa shape index (κ3) is 8.27. The molecule has 0 saturated heterocycles. The highest BCUT2D eigenvalue weighted by atomic mass is 32.2. The van der Waals surface area contributed by atoms with E-state index in [0.717, 1.165) is 22.4 Å². The number of benzene rings is 3. The van der Waals surface area contributed by atoms with Crippen LogP contribution in [0.15, 0.2) is 72.8 Å². The van der Waals surface area contributed by atoms with E-state index in [1.165, 1.54) is 16.7 Å². The molecule has 5 heteroatoms. The van der Waals surface area contributed by atoms with Gasteiger partial charge in [0.1, 0.15) is 6.04 Å². The molecule has 3 aromatic rings. The van der Waals surface area contributed by atoms with Gasteiger partial charge in [-0.05, 0) is 56.9 Å². The second-order valence-corrected chi connectivity index (χ2v) is 10.8. The Hall–Kier alpha value is -3.05. The summed E-state index contributed by atoms with van der Waals surface area (Å²) in [5.41, 5.74) is 6.88. The number of aryl methyl sites for hydroxylation is 3. The molecule has 0 aliphatic carbocycles. The molecule has 2 amide bonds. The molecule has 4 nitrogen and oxygen atoms in total. The largest absolute Gasteiger partial charge is 0.352 e. The lowest BCUT2D eigenvalue weighted by atomic mass is 10.0. The van der Waals surface area contributed by atoms with Crippen LogP contribution >= 0.6 is 11.8 Å². The standard InChI is InChI=1S/C31H38N2O2S/c1-22(2)32-31(35)29(18-26-12-7-6-8-13-26)33(19-28-14-10-9-11-25(28)5)30(34)21-36-20-27-16-23(3)15-24(4)17-27/h6-17,22,29H,18-21H2,1-5H3,(H,32,35). The Morgan fingerprint density at radius 1 is 0.861 bits per heavy atom. The Labute approximate surface area is 220 Å². The van der Waals surface area contributed by atoms with Gasteiger partial charge in [-0.25, -0.2) is 0 Å². The molecular weight excluding hydrogens is 464 g/mol. The van der Waals surface area contributed by atoms with Gasteiger partial charge in [0, 0.05) is 24.8 Å². The van der Waals surface area contributed by atoms with Crippen molar-refractivity contribution in [3.05, 3.63) is 106 Å². The maximum atomic E-state index is 13.7. The van der Waals surface area contributed by atoms with Crippen molar-refractivity contribution < 1.29 is 9.59 Å². The fourth-order valence-electron chi connectivity index (χ4n) is 4.40. The number of rotatable bonds is 11. The molecule has 0 heterocycles. The number of amides is 2. The third-order valence-electron chi connectivity index (χ3n) is 6.08. The van der Waals surface area contributed by atoms with Crippen molar-refractivity contribution >= 4 is 23.6 Å². The summed E-state index contributed by atoms with van der Waals surface area (Å²) in [6.45, 7) is 10.5. The van der Waals surface area contributed by atoms with Crippen LogP contribution < -0.4 is 5.32 Å². The summed E-state index contributed by atoms with van der Waals surface area (Å²) in [5, 5.41) is 3.05. The van der Waals surface area contributed by atoms with E-state index in [-0.39, 0.29) is 17.9 Å². The van der Waals surface area contributed by atoms with Crippen LogP contribution in [0.25, 0.3) is 0 Å². The van der Waals surface area contributed by atoms with Crippen molar-refractivity contribution in [3.63, 3.8) is 0 Å². The predicted octanol–water partition coefficient (Wildman–Crippen LogP) is 6.01. The third-order valence-corrected chi connectivity index (χ3v) is 7.07. The van der Waals surface area contributed by atoms with Crippen LogP contribution in [0, 0.1) is 20.8 Å². The summed E-state index contributed by atoms with van der Waals surface area (Å²) in [6.07, 6.45) is 0.471. The first-order valence-corrected chi connectivity index (χ1v) is 13.7. The number of nitrogens with one attached hydrogen (secondary N) is 1. The minimum atomic E-state index is -0.594. The predicted molar refractivity (Wildman–Crippen MR) is 151 cm³/mol. The number of carbonyl (C=O) groups is 2. The highest BCUT2D eigenvalue weighted by Gasteiger charge is 2.30. The van der Waals surface area contributed by atoms with Crippen LogP contribution in [0.3, 0.4) is 0 Å². The van der Waals surface area contributed by atoms with Crippen molar-refractivity contribution in [2.24, 2.45) is 0 Å². The number of carbonyl (C=O) groups excluding carboxylic acids is 2. The monoisotopic (exact) mass is 502 g/mol. The van der Waals surface area contributed by atoms with Gasteiger partial charge in [-0.2, -0.15) is 0 Å². The van der Waals surface area contributed by atoms with Crippen LogP contribution in [-0.4, -0.2) is 34.6 Å². The average molecular weight is 503 g/mol. The number of thioether (sulfide) groups is 1. The molecule has 0 aliphatic heterocycles. The first-order valence-electron chi connectivity index (χ1n) is 12.6. The highest BCUT2D eigenvalue weighted by molar-refractivity contribution is 7.99. The van der Waals surface area contributed by atoms with Crippen molar-refractivity contribution in [2.75, 3.05) is 5.75 Å². The molecule has 36 heavy (non-hydrogen) atoms. The number of nitrogens with zero attached hydrogens (tertiary/aromatic N) is 1. The van der Waals surface area contributed by atoms with E-state index in [1.54, 1.807) is 16.7 Å². The molecule has 0 fully saturated rings. The zero-order valence-corrected chi connectivity index (χ0v) is 22.9. The second-order valence-electron chi connectivity index (χ2n) is 9.81. The van der Waals surface area contributed by atoms with E-state index in [4.69, 9.17) is 0 Å². The van der Waals surface area contributed by atoms with Crippen LogP contribution in [0.2, 0.25) is 0 Å². The molecule has 0 bridgehead atoms. The summed E-state index contributed by atoms with van der Waals surface area (Å²) in [7, 11) is 0. The van der Waals surface area contributed by atoms with Gasteiger partial charge >= 0.3 is 0 Å². The normalized spacial score (nSPS) is 11.8. The summed E-state index contributed by atoms with van der Waals surface area (Å²) in [4.78, 5) is 28.9. The molecule has 0 saturated carbocycles. The number of hydrogen-bond donors (Lipinski definition) is 1. The maximum Gasteiger partial charge on any atom is 0.243 e. The lowest BCUT2D eigenvalue weighted by Crippen LogP contribution is -2.52. The van der Waals surface area contributed by atoms with Gasteiger partial charge in [-0.15, -0.1) is 11.8 Å². The van der Waals surface area contributed by atoms with E-state index in [1.807, 2.05) is 75.4 Å². The summed E-state index contributed by atoms with van der Waals surface area (Å²) in [6, 6.07) is 23.9. The smallest absolute Gasteiger partial charge is 0.243 e. The Kier molecular flexibility index (Phi) is 10.2. The van der Waals surface area contributed by atoms with Gasteiger partial charge in [0.15, 0.2) is 0 Å². The van der Waals surface area contributed by atoms with Crippen molar-refractivity contribution in [3.8, 4) is 0 Å². The molecular formula is C31H38N2O2S. The molecule has 0 radical (unpaired) electrons. The first-order chi connectivity index (χ1) is 17.2. The fourth-order valence-corrected chi connectivity index (χ4v) is 5.24. The average Bonchev–Trinajstić information content (AvgIpc) is 2.82. The van der Waals surface area contributed by atoms with Crippen LogP contribution in [-0.2, 0) is 28.3 Å². The molecule has 3 rings (SSSR count). The highest BCUT2D eigenvalue weighted by Crippen LogP contribution is 2.21. The maximum absolute atomic E-state index is 13.7. The summed E-state index contributed by atoms with van der Waals surface area (Å²) < 4.78 is 0. The molecule has 1 unspecified atom stereocenters. The lowest BCUT2D eigenvalue weighted by Gasteiger charge is -2.32. The second kappa shape index (κ2) is 13.3. The number of hydrogen-bond acceptors (Lipinski definition) is 3. The molecule has 0 spiro atoms. The van der Waals surface area contributed by atoms with Gasteiger partial charge in [-0.1, -0.05) is 83.9 Å². The van der Waals surface area contributed by atoms with E-state index in [9.17, 15) is 9.59 Å². The van der Waals surface area contributed by atoms with Crippen molar-refractivity contribution in [1.29, 1.82) is 0 Å². The summed E-state index contributed by atoms with van der Waals surface area (Å²) in [5.74, 6) is 0.940. The summed E-state index contributed by atoms with van der Waals surface area (Å²) >= 11 is 1.60. The van der Waals surface area contributed by atoms with Gasteiger partial charge in [0.2, 0.25) is 11.8 Å². The topological polar surface area (TPSA) is 49.4 Å². The van der Waals surface area contributed by atoms with Gasteiger partial charge < -0.3 is 10.2 Å². The molecule has 0 aliphatic rings. The van der Waals surface area contributed by atoms with Crippen LogP contribution in [0.4, 0.5) is 0 Å². The minimum absolute atomic E-state index is 0.00915. The molecule has 3 aromatic carbocycles. The van der Waals surface area contributed by atoms with Gasteiger partial charge in [0.05, 0.1) is 5.75 Å². The van der Waals surface area contributed by atoms with Crippen LogP contribution in [0.1, 0.15) is 47.2 Å². The Bertz CT molecular complexity index is 1140. The minimum Gasteiger partial charge on any atom is -0.352 e. The molecule has 0 aromatic heterocycles. The Balaban J connectivity index is 1.86. The Morgan fingerprint density at radius 2 is 1.50 bits per heavy atom. The zero-order chi connectivity index (χ0) is 26.1. The molecule has 1 atom stereocenters. The van der Waals surface area contributed by atoms with E-state index < -0.39 is 6.04 Å². The van der Waals surface area contributed by atoms with E-state index >= 15 is 0 Å². The first kappa shape index (κ1) is 27.5. The van der Waals surface area contributed by atoms with E-state index in [2.05, 4.69) is 37.4 Å². The van der Waals surface area contributed by atoms with Crippen molar-refractivity contribution in [2.45, 2.75) is 65.4 Å². The van der Waals surface area contributed by atoms with Gasteiger partial charge in [0.25, 0.3) is 0 Å². The molecule has 1 N–H and O–H groups in total. The quantitative estimate of drug-likeness (QED) is 0.349. The Morgan fingerprint density at radius 3 is 2.14 bits per heavy atom. The van der Waals surface area contributed by atoms with Crippen molar-refractivity contribution in [1.82, 2.24) is 10.2 Å². The van der Waals surface area contributed by atoms with E-state index in [0.29, 0.717) is 18.7 Å². The van der Waals surface area contributed by atoms with Gasteiger partial charge in [-0.3, -0.25) is 9.59 Å². The fraction of sp³-hybridized carbons (Fsp3) is 0.355. The lowest BCUT2D eigenvalue weighted by molar-refractivity contribution is -0.139.